The number of hydrogen-bond donors (Lipinski definition) is 0. The molecule has 0 aromatic heterocycles. The first kappa shape index (κ1) is 18.1. The molecule has 1 heterocycles. The van der Waals surface area contributed by atoms with Crippen LogP contribution >= 0.6 is 0 Å². The lowest BCUT2D eigenvalue weighted by Gasteiger charge is -2.37. The van der Waals surface area contributed by atoms with Crippen molar-refractivity contribution >= 4 is 10.0 Å². The number of sulfonamides is 1. The molecule has 0 radical (unpaired) electrons. The van der Waals surface area contributed by atoms with E-state index < -0.39 is 10.0 Å². The highest BCUT2D eigenvalue weighted by atomic mass is 32.2. The molecule has 1 unspecified atom stereocenters. The fourth-order valence-electron chi connectivity index (χ4n) is 3.50. The van der Waals surface area contributed by atoms with Crippen molar-refractivity contribution in [3.8, 4) is 0 Å². The minimum absolute atomic E-state index is 0.298. The predicted octanol–water partition coefficient (Wildman–Crippen LogP) is 3.37. The molecule has 1 saturated heterocycles. The van der Waals surface area contributed by atoms with Crippen molar-refractivity contribution < 1.29 is 8.42 Å². The molecule has 1 fully saturated rings. The van der Waals surface area contributed by atoms with E-state index in [2.05, 4.69) is 24.0 Å². The smallest absolute Gasteiger partial charge is 0.243 e. The maximum absolute atomic E-state index is 13.0. The van der Waals surface area contributed by atoms with Crippen LogP contribution in [0.25, 0.3) is 0 Å². The van der Waals surface area contributed by atoms with Gasteiger partial charge in [-0.25, -0.2) is 8.42 Å². The van der Waals surface area contributed by atoms with Gasteiger partial charge in [0.15, 0.2) is 0 Å². The van der Waals surface area contributed by atoms with Gasteiger partial charge in [0.2, 0.25) is 10.0 Å². The van der Waals surface area contributed by atoms with E-state index in [-0.39, 0.29) is 0 Å². The van der Waals surface area contributed by atoms with Crippen molar-refractivity contribution in [3.63, 3.8) is 0 Å². The molecule has 0 N–H and O–H groups in total. The number of aryl methyl sites for hydroxylation is 2. The highest BCUT2D eigenvalue weighted by Gasteiger charge is 2.31. The largest absolute Gasteiger partial charge is 0.294 e. The van der Waals surface area contributed by atoms with Crippen molar-refractivity contribution in [1.82, 2.24) is 9.21 Å². The molecule has 4 nitrogen and oxygen atoms in total. The molecule has 0 saturated carbocycles. The van der Waals surface area contributed by atoms with Gasteiger partial charge in [0.25, 0.3) is 0 Å². The molecule has 25 heavy (non-hydrogen) atoms. The van der Waals surface area contributed by atoms with Crippen LogP contribution in [0.5, 0.6) is 0 Å². The summed E-state index contributed by atoms with van der Waals surface area (Å²) < 4.78 is 27.6. The Morgan fingerprint density at radius 3 is 2.16 bits per heavy atom. The van der Waals surface area contributed by atoms with Crippen molar-refractivity contribution in [1.29, 1.82) is 0 Å². The van der Waals surface area contributed by atoms with Crippen LogP contribution < -0.4 is 0 Å². The summed E-state index contributed by atoms with van der Waals surface area (Å²) in [6.07, 6.45) is 0. The zero-order valence-electron chi connectivity index (χ0n) is 15.1. The second kappa shape index (κ2) is 7.28. The minimum atomic E-state index is -3.42. The third-order valence-corrected chi connectivity index (χ3v) is 7.11. The SMILES string of the molecule is Cc1ccc(S(=O)(=O)N2CCN(C(C)c3ccccc3)CC2)c(C)c1. The van der Waals surface area contributed by atoms with Crippen LogP contribution in [0.1, 0.15) is 29.7 Å². The molecule has 0 amide bonds. The second-order valence-electron chi connectivity index (χ2n) is 6.80. The van der Waals surface area contributed by atoms with Crippen LogP contribution in [-0.2, 0) is 10.0 Å². The van der Waals surface area contributed by atoms with Crippen LogP contribution in [0.3, 0.4) is 0 Å². The average Bonchev–Trinajstić information content (AvgIpc) is 2.61. The monoisotopic (exact) mass is 358 g/mol. The van der Waals surface area contributed by atoms with E-state index >= 15 is 0 Å². The zero-order chi connectivity index (χ0) is 18.0. The van der Waals surface area contributed by atoms with Crippen molar-refractivity contribution in [3.05, 3.63) is 65.2 Å². The molecule has 2 aromatic rings. The fraction of sp³-hybridized carbons (Fsp3) is 0.400. The van der Waals surface area contributed by atoms with Gasteiger partial charge in [-0.2, -0.15) is 4.31 Å². The Morgan fingerprint density at radius 2 is 1.56 bits per heavy atom. The van der Waals surface area contributed by atoms with Crippen molar-refractivity contribution in [2.24, 2.45) is 0 Å². The van der Waals surface area contributed by atoms with Gasteiger partial charge in [0.1, 0.15) is 0 Å². The second-order valence-corrected chi connectivity index (χ2v) is 8.70. The molecule has 134 valence electrons. The summed E-state index contributed by atoms with van der Waals surface area (Å²) >= 11 is 0. The normalized spacial score (nSPS) is 18.2. The fourth-order valence-corrected chi connectivity index (χ4v) is 5.13. The van der Waals surface area contributed by atoms with Gasteiger partial charge in [-0.1, -0.05) is 48.0 Å². The summed E-state index contributed by atoms with van der Waals surface area (Å²) in [6.45, 7) is 8.60. The predicted molar refractivity (Wildman–Crippen MR) is 101 cm³/mol. The molecule has 1 aliphatic rings. The maximum atomic E-state index is 13.0. The van der Waals surface area contributed by atoms with Gasteiger partial charge in [-0.05, 0) is 38.0 Å². The molecule has 0 aliphatic carbocycles. The molecule has 0 bridgehead atoms. The lowest BCUT2D eigenvalue weighted by Crippen LogP contribution is -2.49. The Morgan fingerprint density at radius 1 is 0.920 bits per heavy atom. The van der Waals surface area contributed by atoms with Crippen molar-refractivity contribution in [2.75, 3.05) is 26.2 Å². The van der Waals surface area contributed by atoms with Crippen LogP contribution in [0.4, 0.5) is 0 Å². The standard InChI is InChI=1S/C20H26N2O2S/c1-16-9-10-20(17(2)15-16)25(23,24)22-13-11-21(12-14-22)18(3)19-7-5-4-6-8-19/h4-10,15,18H,11-14H2,1-3H3. The highest BCUT2D eigenvalue weighted by Crippen LogP contribution is 2.25. The van der Waals surface area contributed by atoms with E-state index in [1.165, 1.54) is 5.56 Å². The zero-order valence-corrected chi connectivity index (χ0v) is 16.0. The first-order valence-electron chi connectivity index (χ1n) is 8.76. The van der Waals surface area contributed by atoms with Gasteiger partial charge < -0.3 is 0 Å². The number of benzene rings is 2. The summed E-state index contributed by atoms with van der Waals surface area (Å²) in [5, 5.41) is 0. The van der Waals surface area contributed by atoms with Crippen LogP contribution in [0, 0.1) is 13.8 Å². The highest BCUT2D eigenvalue weighted by molar-refractivity contribution is 7.89. The van der Waals surface area contributed by atoms with E-state index in [0.717, 1.165) is 24.2 Å². The Balaban J connectivity index is 1.71. The Kier molecular flexibility index (Phi) is 5.27. The molecule has 2 aromatic carbocycles. The Bertz CT molecular complexity index is 826. The quantitative estimate of drug-likeness (QED) is 0.841. The van der Waals surface area contributed by atoms with E-state index in [1.807, 2.05) is 44.2 Å². The van der Waals surface area contributed by atoms with Crippen LogP contribution in [0.15, 0.2) is 53.4 Å². The maximum Gasteiger partial charge on any atom is 0.243 e. The number of hydrogen-bond acceptors (Lipinski definition) is 3. The lowest BCUT2D eigenvalue weighted by atomic mass is 10.1. The summed E-state index contributed by atoms with van der Waals surface area (Å²) in [6, 6.07) is 16.2. The minimum Gasteiger partial charge on any atom is -0.294 e. The van der Waals surface area contributed by atoms with E-state index in [0.29, 0.717) is 24.0 Å². The first-order chi connectivity index (χ1) is 11.9. The molecule has 1 atom stereocenters. The van der Waals surface area contributed by atoms with Crippen LogP contribution in [0.2, 0.25) is 0 Å². The third kappa shape index (κ3) is 3.78. The third-order valence-electron chi connectivity index (χ3n) is 5.05. The first-order valence-corrected chi connectivity index (χ1v) is 10.2. The topological polar surface area (TPSA) is 40.6 Å². The van der Waals surface area contributed by atoms with Gasteiger partial charge in [0, 0.05) is 32.2 Å². The van der Waals surface area contributed by atoms with Crippen molar-refractivity contribution in [2.45, 2.75) is 31.7 Å². The number of rotatable bonds is 4. The van der Waals surface area contributed by atoms with Gasteiger partial charge in [-0.15, -0.1) is 0 Å². The van der Waals surface area contributed by atoms with Gasteiger partial charge in [0.05, 0.1) is 4.90 Å². The van der Waals surface area contributed by atoms with Crippen LogP contribution in [-0.4, -0.2) is 43.8 Å². The molecular formula is C20H26N2O2S. The molecule has 0 spiro atoms. The Hall–Kier alpha value is -1.69. The van der Waals surface area contributed by atoms with E-state index in [1.54, 1.807) is 10.4 Å². The molecule has 5 heteroatoms. The lowest BCUT2D eigenvalue weighted by molar-refractivity contribution is 0.146. The summed E-state index contributed by atoms with van der Waals surface area (Å²) in [4.78, 5) is 2.78. The summed E-state index contributed by atoms with van der Waals surface area (Å²) in [5.41, 5.74) is 3.17. The summed E-state index contributed by atoms with van der Waals surface area (Å²) in [7, 11) is -3.42. The van der Waals surface area contributed by atoms with Gasteiger partial charge in [-0.3, -0.25) is 4.90 Å². The molecule has 3 rings (SSSR count). The molecule has 1 aliphatic heterocycles. The van der Waals surface area contributed by atoms with Gasteiger partial charge >= 0.3 is 0 Å². The number of piperazine rings is 1. The molecular weight excluding hydrogens is 332 g/mol. The Labute approximate surface area is 151 Å². The average molecular weight is 359 g/mol. The summed E-state index contributed by atoms with van der Waals surface area (Å²) in [5.74, 6) is 0. The van der Waals surface area contributed by atoms with E-state index in [4.69, 9.17) is 0 Å². The van der Waals surface area contributed by atoms with E-state index in [9.17, 15) is 8.42 Å². The number of nitrogens with zero attached hydrogens (tertiary/aromatic N) is 2.